The number of aromatic nitrogens is 1. The number of carbonyl (C=O) groups excluding carboxylic acids is 1. The van der Waals surface area contributed by atoms with Gasteiger partial charge in [0.25, 0.3) is 11.5 Å². The summed E-state index contributed by atoms with van der Waals surface area (Å²) in [5.41, 5.74) is 0.967. The molecule has 0 saturated heterocycles. The first kappa shape index (κ1) is 12.8. The van der Waals surface area contributed by atoms with Gasteiger partial charge in [-0.3, -0.25) is 4.79 Å². The molecule has 1 aromatic carbocycles. The van der Waals surface area contributed by atoms with Crippen molar-refractivity contribution in [1.82, 2.24) is 0 Å². The summed E-state index contributed by atoms with van der Waals surface area (Å²) in [6.45, 7) is 0. The van der Waals surface area contributed by atoms with Crippen molar-refractivity contribution in [1.29, 1.82) is 0 Å². The van der Waals surface area contributed by atoms with Gasteiger partial charge >= 0.3 is 0 Å². The van der Waals surface area contributed by atoms with Gasteiger partial charge in [-0.25, -0.2) is 0 Å². The third kappa shape index (κ3) is 3.19. The summed E-state index contributed by atoms with van der Waals surface area (Å²) in [5.74, 6) is 0.426. The second kappa shape index (κ2) is 5.82. The van der Waals surface area contributed by atoms with Crippen molar-refractivity contribution < 1.29 is 14.3 Å². The minimum Gasteiger partial charge on any atom is -0.618 e. The van der Waals surface area contributed by atoms with E-state index in [9.17, 15) is 10.0 Å². The number of benzene rings is 1. The summed E-state index contributed by atoms with van der Waals surface area (Å²) >= 11 is 0. The fourth-order valence-electron chi connectivity index (χ4n) is 1.59. The number of hydrogen-bond acceptors (Lipinski definition) is 3. The minimum absolute atomic E-state index is 0.104. The zero-order valence-corrected chi connectivity index (χ0v) is 10.4. The first-order chi connectivity index (χ1) is 9.20. The van der Waals surface area contributed by atoms with Gasteiger partial charge in [0.2, 0.25) is 0 Å². The van der Waals surface area contributed by atoms with E-state index in [4.69, 9.17) is 4.74 Å². The number of ether oxygens (including phenoxy) is 1. The number of methoxy groups -OCH3 is 1. The van der Waals surface area contributed by atoms with Gasteiger partial charge in [0.15, 0.2) is 6.20 Å². The van der Waals surface area contributed by atoms with E-state index in [1.165, 1.54) is 18.3 Å². The Kier molecular flexibility index (Phi) is 3.93. The van der Waals surface area contributed by atoms with Crippen molar-refractivity contribution in [2.45, 2.75) is 0 Å². The predicted molar refractivity (Wildman–Crippen MR) is 71.8 cm³/mol. The van der Waals surface area contributed by atoms with Crippen LogP contribution in [0.15, 0.2) is 54.7 Å². The average Bonchev–Trinajstić information content (AvgIpc) is 2.46. The first-order valence-electron chi connectivity index (χ1n) is 5.75. The van der Waals surface area contributed by atoms with Gasteiger partial charge in [-0.2, -0.15) is 4.73 Å². The van der Waals surface area contributed by atoms with Crippen LogP contribution in [0, 0.1) is 5.21 Å². The highest BCUT2D eigenvalue weighted by molar-refractivity contribution is 6.04. The molecule has 0 radical (unpaired) electrons. The molecular formula is C15H13NO3. The molecule has 0 atom stereocenters. The number of ketones is 1. The van der Waals surface area contributed by atoms with Gasteiger partial charge in [-0.15, -0.1) is 0 Å². The molecule has 0 aliphatic carbocycles. The lowest BCUT2D eigenvalue weighted by atomic mass is 10.1. The van der Waals surface area contributed by atoms with Crippen LogP contribution in [0.2, 0.25) is 0 Å². The van der Waals surface area contributed by atoms with E-state index in [1.807, 2.05) is 12.1 Å². The molecule has 0 fully saturated rings. The van der Waals surface area contributed by atoms with Gasteiger partial charge in [-0.05, 0) is 29.8 Å². The molecule has 0 unspecified atom stereocenters. The highest BCUT2D eigenvalue weighted by Gasteiger charge is 2.10. The van der Waals surface area contributed by atoms with Gasteiger partial charge in [0.05, 0.1) is 7.11 Å². The van der Waals surface area contributed by atoms with Crippen molar-refractivity contribution >= 4 is 11.9 Å². The summed E-state index contributed by atoms with van der Waals surface area (Å²) in [4.78, 5) is 11.8. The average molecular weight is 255 g/mol. The zero-order valence-electron chi connectivity index (χ0n) is 10.4. The quantitative estimate of drug-likeness (QED) is 0.364. The van der Waals surface area contributed by atoms with Gasteiger partial charge in [0, 0.05) is 12.1 Å². The number of rotatable bonds is 4. The SMILES string of the molecule is COc1ccc(/C=C/C(=O)c2cccc[n+]2[O-])cc1. The largest absolute Gasteiger partial charge is 0.618 e. The summed E-state index contributed by atoms with van der Waals surface area (Å²) in [6.07, 6.45) is 4.34. The van der Waals surface area contributed by atoms with Crippen molar-refractivity contribution in [2.75, 3.05) is 7.11 Å². The maximum atomic E-state index is 11.8. The maximum absolute atomic E-state index is 11.8. The highest BCUT2D eigenvalue weighted by atomic mass is 16.5. The Morgan fingerprint density at radius 1 is 1.21 bits per heavy atom. The van der Waals surface area contributed by atoms with E-state index in [0.29, 0.717) is 4.73 Å². The molecule has 0 N–H and O–H groups in total. The van der Waals surface area contributed by atoms with Crippen LogP contribution < -0.4 is 9.47 Å². The molecule has 2 aromatic rings. The van der Waals surface area contributed by atoms with Crippen LogP contribution in [0.4, 0.5) is 0 Å². The molecule has 0 amide bonds. The van der Waals surface area contributed by atoms with E-state index in [0.717, 1.165) is 11.3 Å². The van der Waals surface area contributed by atoms with E-state index in [1.54, 1.807) is 37.5 Å². The maximum Gasteiger partial charge on any atom is 0.264 e. The Labute approximate surface area is 111 Å². The number of hydrogen-bond donors (Lipinski definition) is 0. The second-order valence-electron chi connectivity index (χ2n) is 3.88. The summed E-state index contributed by atoms with van der Waals surface area (Å²) < 4.78 is 5.60. The van der Waals surface area contributed by atoms with E-state index >= 15 is 0 Å². The van der Waals surface area contributed by atoms with Crippen LogP contribution >= 0.6 is 0 Å². The van der Waals surface area contributed by atoms with Crippen LogP contribution in [0.3, 0.4) is 0 Å². The lowest BCUT2D eigenvalue weighted by Gasteiger charge is -2.00. The Bertz CT molecular complexity index is 603. The van der Waals surface area contributed by atoms with E-state index in [2.05, 4.69) is 0 Å². The molecule has 0 saturated carbocycles. The molecule has 19 heavy (non-hydrogen) atoms. The summed E-state index contributed by atoms with van der Waals surface area (Å²) in [7, 11) is 1.59. The number of carbonyl (C=O) groups is 1. The highest BCUT2D eigenvalue weighted by Crippen LogP contribution is 2.12. The Balaban J connectivity index is 2.14. The molecule has 0 aliphatic heterocycles. The molecular weight excluding hydrogens is 242 g/mol. The molecule has 2 rings (SSSR count). The van der Waals surface area contributed by atoms with Crippen LogP contribution in [0.25, 0.3) is 6.08 Å². The fraction of sp³-hybridized carbons (Fsp3) is 0.0667. The van der Waals surface area contributed by atoms with Crippen LogP contribution in [0.1, 0.15) is 16.1 Å². The molecule has 0 bridgehead atoms. The molecule has 96 valence electrons. The Hall–Kier alpha value is -2.62. The molecule has 1 heterocycles. The number of allylic oxidation sites excluding steroid dienone is 1. The first-order valence-corrected chi connectivity index (χ1v) is 5.75. The second-order valence-corrected chi connectivity index (χ2v) is 3.88. The summed E-state index contributed by atoms with van der Waals surface area (Å²) in [6, 6.07) is 12.0. The monoisotopic (exact) mass is 255 g/mol. The molecule has 1 aromatic heterocycles. The van der Waals surface area contributed by atoms with Gasteiger partial charge in [-0.1, -0.05) is 18.2 Å². The normalized spacial score (nSPS) is 10.6. The standard InChI is InChI=1S/C15H13NO3/c1-19-13-8-5-12(6-9-13)7-10-15(17)14-4-2-3-11-16(14)18/h2-11H,1H3/b10-7+. The zero-order chi connectivity index (χ0) is 13.7. The van der Waals surface area contributed by atoms with Crippen LogP contribution in [-0.4, -0.2) is 12.9 Å². The lowest BCUT2D eigenvalue weighted by Crippen LogP contribution is -2.33. The van der Waals surface area contributed by atoms with Crippen molar-refractivity contribution in [3.05, 3.63) is 71.2 Å². The lowest BCUT2D eigenvalue weighted by molar-refractivity contribution is -0.607. The van der Waals surface area contributed by atoms with Crippen molar-refractivity contribution in [2.24, 2.45) is 0 Å². The Morgan fingerprint density at radius 3 is 2.58 bits per heavy atom. The smallest absolute Gasteiger partial charge is 0.264 e. The third-order valence-electron chi connectivity index (χ3n) is 2.62. The Morgan fingerprint density at radius 2 is 1.95 bits per heavy atom. The molecule has 0 spiro atoms. The predicted octanol–water partition coefficient (Wildman–Crippen LogP) is 2.22. The minimum atomic E-state index is -0.327. The molecule has 0 aliphatic rings. The summed E-state index contributed by atoms with van der Waals surface area (Å²) in [5, 5.41) is 11.4. The van der Waals surface area contributed by atoms with E-state index in [-0.39, 0.29) is 11.5 Å². The molecule has 4 heteroatoms. The van der Waals surface area contributed by atoms with E-state index < -0.39 is 0 Å². The van der Waals surface area contributed by atoms with Crippen molar-refractivity contribution in [3.63, 3.8) is 0 Å². The fourth-order valence-corrected chi connectivity index (χ4v) is 1.59. The third-order valence-corrected chi connectivity index (χ3v) is 2.62. The molecule has 4 nitrogen and oxygen atoms in total. The van der Waals surface area contributed by atoms with Gasteiger partial charge < -0.3 is 9.94 Å². The van der Waals surface area contributed by atoms with Crippen molar-refractivity contribution in [3.8, 4) is 5.75 Å². The van der Waals surface area contributed by atoms with Gasteiger partial charge in [0.1, 0.15) is 5.75 Å². The number of pyridine rings is 1. The number of nitrogens with zero attached hydrogens (tertiary/aromatic N) is 1. The van der Waals surface area contributed by atoms with Crippen LogP contribution in [-0.2, 0) is 0 Å². The topological polar surface area (TPSA) is 53.2 Å². The van der Waals surface area contributed by atoms with Crippen LogP contribution in [0.5, 0.6) is 5.75 Å².